The minimum Gasteiger partial charge on any atom is -0.302 e. The van der Waals surface area contributed by atoms with E-state index in [4.69, 9.17) is 5.84 Å². The molecule has 1 rings (SSSR count). The predicted molar refractivity (Wildman–Crippen MR) is 71.4 cm³/mol. The van der Waals surface area contributed by atoms with Crippen molar-refractivity contribution < 1.29 is 0 Å². The summed E-state index contributed by atoms with van der Waals surface area (Å²) in [5.74, 6) is 5.73. The molecule has 1 aromatic rings. The highest BCUT2D eigenvalue weighted by molar-refractivity contribution is 5.13. The molecule has 0 aliphatic heterocycles. The monoisotopic (exact) mass is 236 g/mol. The highest BCUT2D eigenvalue weighted by atomic mass is 15.3. The molecule has 17 heavy (non-hydrogen) atoms. The van der Waals surface area contributed by atoms with Crippen LogP contribution in [-0.4, -0.2) is 35.6 Å². The Morgan fingerprint density at radius 2 is 2.00 bits per heavy atom. The van der Waals surface area contributed by atoms with Gasteiger partial charge in [0, 0.05) is 24.0 Å². The second-order valence-electron chi connectivity index (χ2n) is 4.88. The van der Waals surface area contributed by atoms with Crippen LogP contribution in [0, 0.1) is 0 Å². The first kappa shape index (κ1) is 14.1. The molecule has 4 nitrogen and oxygen atoms in total. The zero-order chi connectivity index (χ0) is 12.9. The summed E-state index contributed by atoms with van der Waals surface area (Å²) < 4.78 is 0. The van der Waals surface area contributed by atoms with Crippen molar-refractivity contribution in [3.8, 4) is 0 Å². The Hall–Kier alpha value is -0.970. The van der Waals surface area contributed by atoms with Crippen molar-refractivity contribution in [1.82, 2.24) is 15.3 Å². The van der Waals surface area contributed by atoms with E-state index in [1.165, 1.54) is 5.56 Å². The molecule has 1 aromatic heterocycles. The molecule has 1 heterocycles. The molecule has 0 saturated heterocycles. The lowest BCUT2D eigenvalue weighted by molar-refractivity contribution is 0.112. The Balaban J connectivity index is 2.84. The minimum atomic E-state index is 0.0397. The standard InChI is InChI=1S/C13H24N4/c1-5-13(2,17(3)4)12(16-14)10-11-6-8-15-9-7-11/h6-9,12,16H,5,10,14H2,1-4H3. The van der Waals surface area contributed by atoms with Gasteiger partial charge < -0.3 is 4.90 Å². The van der Waals surface area contributed by atoms with E-state index in [0.29, 0.717) is 0 Å². The van der Waals surface area contributed by atoms with Crippen molar-refractivity contribution in [2.45, 2.75) is 38.3 Å². The van der Waals surface area contributed by atoms with Crippen LogP contribution in [0.5, 0.6) is 0 Å². The first-order chi connectivity index (χ1) is 8.04. The van der Waals surface area contributed by atoms with Gasteiger partial charge in [-0.15, -0.1) is 0 Å². The van der Waals surface area contributed by atoms with E-state index in [1.54, 1.807) is 0 Å². The van der Waals surface area contributed by atoms with Crippen LogP contribution >= 0.6 is 0 Å². The first-order valence-corrected chi connectivity index (χ1v) is 6.07. The smallest absolute Gasteiger partial charge is 0.0432 e. The molecule has 96 valence electrons. The Morgan fingerprint density at radius 3 is 2.41 bits per heavy atom. The van der Waals surface area contributed by atoms with E-state index >= 15 is 0 Å². The van der Waals surface area contributed by atoms with Gasteiger partial charge in [-0.1, -0.05) is 6.92 Å². The second-order valence-corrected chi connectivity index (χ2v) is 4.88. The number of hydrogen-bond donors (Lipinski definition) is 2. The van der Waals surface area contributed by atoms with E-state index in [1.807, 2.05) is 24.5 Å². The van der Waals surface area contributed by atoms with E-state index in [2.05, 4.69) is 43.3 Å². The largest absolute Gasteiger partial charge is 0.302 e. The van der Waals surface area contributed by atoms with E-state index in [0.717, 1.165) is 12.8 Å². The van der Waals surface area contributed by atoms with Gasteiger partial charge in [0.1, 0.15) is 0 Å². The van der Waals surface area contributed by atoms with Crippen LogP contribution in [0.3, 0.4) is 0 Å². The van der Waals surface area contributed by atoms with Crippen molar-refractivity contribution in [1.29, 1.82) is 0 Å². The second kappa shape index (κ2) is 6.10. The van der Waals surface area contributed by atoms with Crippen LogP contribution in [0.4, 0.5) is 0 Å². The SMILES string of the molecule is CCC(C)(C(Cc1ccncc1)NN)N(C)C. The average Bonchev–Trinajstić information content (AvgIpc) is 2.36. The molecule has 0 bridgehead atoms. The van der Waals surface area contributed by atoms with Gasteiger partial charge in [-0.3, -0.25) is 16.3 Å². The van der Waals surface area contributed by atoms with Gasteiger partial charge in [-0.25, -0.2) is 0 Å². The number of pyridine rings is 1. The number of aromatic nitrogens is 1. The minimum absolute atomic E-state index is 0.0397. The van der Waals surface area contributed by atoms with Gasteiger partial charge in [0.25, 0.3) is 0 Å². The third-order valence-corrected chi connectivity index (χ3v) is 3.88. The summed E-state index contributed by atoms with van der Waals surface area (Å²) in [6.07, 6.45) is 5.59. The van der Waals surface area contributed by atoms with Crippen LogP contribution < -0.4 is 11.3 Å². The maximum Gasteiger partial charge on any atom is 0.0432 e. The molecule has 0 amide bonds. The molecule has 0 radical (unpaired) electrons. The van der Waals surface area contributed by atoms with Gasteiger partial charge >= 0.3 is 0 Å². The molecule has 0 aliphatic rings. The van der Waals surface area contributed by atoms with E-state index in [9.17, 15) is 0 Å². The predicted octanol–water partition coefficient (Wildman–Crippen LogP) is 1.19. The van der Waals surface area contributed by atoms with Crippen molar-refractivity contribution in [2.75, 3.05) is 14.1 Å². The van der Waals surface area contributed by atoms with Crippen molar-refractivity contribution in [3.05, 3.63) is 30.1 Å². The fraction of sp³-hybridized carbons (Fsp3) is 0.615. The van der Waals surface area contributed by atoms with Crippen LogP contribution in [-0.2, 0) is 6.42 Å². The quantitative estimate of drug-likeness (QED) is 0.575. The number of nitrogens with zero attached hydrogens (tertiary/aromatic N) is 2. The first-order valence-electron chi connectivity index (χ1n) is 6.07. The molecular formula is C13H24N4. The average molecular weight is 236 g/mol. The number of rotatable bonds is 6. The molecule has 2 atom stereocenters. The van der Waals surface area contributed by atoms with Crippen molar-refractivity contribution in [3.63, 3.8) is 0 Å². The van der Waals surface area contributed by atoms with E-state index < -0.39 is 0 Å². The van der Waals surface area contributed by atoms with Gasteiger partial charge in [-0.2, -0.15) is 0 Å². The normalized spacial score (nSPS) is 16.8. The van der Waals surface area contributed by atoms with Gasteiger partial charge in [0.2, 0.25) is 0 Å². The summed E-state index contributed by atoms with van der Waals surface area (Å²) >= 11 is 0. The Bertz CT molecular complexity index is 325. The summed E-state index contributed by atoms with van der Waals surface area (Å²) in [5.41, 5.74) is 4.26. The maximum absolute atomic E-state index is 5.73. The molecule has 0 spiro atoms. The third kappa shape index (κ3) is 3.25. The highest BCUT2D eigenvalue weighted by Crippen LogP contribution is 2.23. The lowest BCUT2D eigenvalue weighted by Crippen LogP contribution is -2.59. The molecule has 3 N–H and O–H groups in total. The molecule has 4 heteroatoms. The van der Waals surface area contributed by atoms with Gasteiger partial charge in [0.05, 0.1) is 0 Å². The Kier molecular flexibility index (Phi) is 5.05. The lowest BCUT2D eigenvalue weighted by atomic mass is 9.84. The van der Waals surface area contributed by atoms with Crippen LogP contribution in [0.15, 0.2) is 24.5 Å². The third-order valence-electron chi connectivity index (χ3n) is 3.88. The van der Waals surface area contributed by atoms with Crippen LogP contribution in [0.2, 0.25) is 0 Å². The maximum atomic E-state index is 5.73. The fourth-order valence-corrected chi connectivity index (χ4v) is 2.09. The number of nitrogens with one attached hydrogen (secondary N) is 1. The van der Waals surface area contributed by atoms with Crippen LogP contribution in [0.1, 0.15) is 25.8 Å². The molecule has 0 saturated carbocycles. The fourth-order valence-electron chi connectivity index (χ4n) is 2.09. The summed E-state index contributed by atoms with van der Waals surface area (Å²) in [6.45, 7) is 4.43. The summed E-state index contributed by atoms with van der Waals surface area (Å²) in [4.78, 5) is 6.27. The highest BCUT2D eigenvalue weighted by Gasteiger charge is 2.33. The zero-order valence-corrected chi connectivity index (χ0v) is 11.3. The summed E-state index contributed by atoms with van der Waals surface area (Å²) in [6, 6.07) is 4.29. The van der Waals surface area contributed by atoms with E-state index in [-0.39, 0.29) is 11.6 Å². The number of hydrazine groups is 1. The van der Waals surface area contributed by atoms with Crippen molar-refractivity contribution in [2.24, 2.45) is 5.84 Å². The van der Waals surface area contributed by atoms with Crippen molar-refractivity contribution >= 4 is 0 Å². The Labute approximate surface area is 104 Å². The lowest BCUT2D eigenvalue weighted by Gasteiger charge is -2.42. The topological polar surface area (TPSA) is 54.2 Å². The zero-order valence-electron chi connectivity index (χ0n) is 11.3. The molecule has 2 unspecified atom stereocenters. The molecular weight excluding hydrogens is 212 g/mol. The van der Waals surface area contributed by atoms with Gasteiger partial charge in [0.15, 0.2) is 0 Å². The Morgan fingerprint density at radius 1 is 1.41 bits per heavy atom. The molecule has 0 aliphatic carbocycles. The van der Waals surface area contributed by atoms with Crippen LogP contribution in [0.25, 0.3) is 0 Å². The molecule has 0 fully saturated rings. The number of likely N-dealkylation sites (N-methyl/N-ethyl adjacent to an activating group) is 1. The summed E-state index contributed by atoms with van der Waals surface area (Å²) in [5, 5.41) is 0. The number of hydrogen-bond acceptors (Lipinski definition) is 4. The molecule has 0 aromatic carbocycles. The number of nitrogens with two attached hydrogens (primary N) is 1. The summed E-state index contributed by atoms with van der Waals surface area (Å²) in [7, 11) is 4.20. The van der Waals surface area contributed by atoms with Gasteiger partial charge in [-0.05, 0) is 51.6 Å².